The standard InChI is InChI=1S/C20H14F13O3P/c1-37(34,35-13-10-6-3-7-11-13)36-14(12-8-4-2-5-9-12)15(21,22)16(23,24)17(25,26)18(27,28)19(29,30)20(31,32)33/h2-11,14H,1H3. The predicted molar refractivity (Wildman–Crippen MR) is 102 cm³/mol. The maximum absolute atomic E-state index is 14.9. The average molecular weight is 580 g/mol. The first-order valence-corrected chi connectivity index (χ1v) is 11.5. The van der Waals surface area contributed by atoms with E-state index in [0.29, 0.717) is 18.8 Å². The molecular formula is C20H14F13O3P. The molecule has 0 saturated heterocycles. The lowest BCUT2D eigenvalue weighted by molar-refractivity contribution is -0.444. The Morgan fingerprint density at radius 1 is 0.622 bits per heavy atom. The zero-order chi connectivity index (χ0) is 28.7. The smallest absolute Gasteiger partial charge is 0.425 e. The number of alkyl halides is 13. The lowest BCUT2D eigenvalue weighted by atomic mass is 9.89. The van der Waals surface area contributed by atoms with Gasteiger partial charge in [0.1, 0.15) is 5.75 Å². The van der Waals surface area contributed by atoms with Gasteiger partial charge in [-0.1, -0.05) is 48.5 Å². The van der Waals surface area contributed by atoms with E-state index in [1.807, 2.05) is 0 Å². The Hall–Kier alpha value is -2.48. The minimum absolute atomic E-state index is 0.378. The monoisotopic (exact) mass is 580 g/mol. The molecule has 2 aromatic carbocycles. The van der Waals surface area contributed by atoms with Crippen molar-refractivity contribution >= 4 is 7.60 Å². The topological polar surface area (TPSA) is 35.5 Å². The van der Waals surface area contributed by atoms with Crippen LogP contribution in [0.3, 0.4) is 0 Å². The Labute approximate surface area is 199 Å². The molecule has 2 aromatic rings. The molecule has 0 fully saturated rings. The largest absolute Gasteiger partial charge is 0.460 e. The van der Waals surface area contributed by atoms with Gasteiger partial charge in [0.25, 0.3) is 0 Å². The summed E-state index contributed by atoms with van der Waals surface area (Å²) in [4.78, 5) is 0. The molecule has 0 aromatic heterocycles. The second-order valence-electron chi connectivity index (χ2n) is 7.49. The van der Waals surface area contributed by atoms with Crippen molar-refractivity contribution in [2.24, 2.45) is 0 Å². The maximum atomic E-state index is 14.9. The van der Waals surface area contributed by atoms with Crippen LogP contribution in [0.15, 0.2) is 60.7 Å². The summed E-state index contributed by atoms with van der Waals surface area (Å²) in [5.41, 5.74) is -1.22. The highest BCUT2D eigenvalue weighted by Gasteiger charge is 2.91. The molecule has 208 valence electrons. The van der Waals surface area contributed by atoms with Gasteiger partial charge in [-0.25, -0.2) is 4.57 Å². The molecule has 2 unspecified atom stereocenters. The van der Waals surface area contributed by atoms with Crippen LogP contribution in [0, 0.1) is 0 Å². The molecule has 3 nitrogen and oxygen atoms in total. The molecule has 37 heavy (non-hydrogen) atoms. The van der Waals surface area contributed by atoms with Crippen molar-refractivity contribution < 1.29 is 70.7 Å². The molecule has 17 heteroatoms. The second kappa shape index (κ2) is 9.68. The van der Waals surface area contributed by atoms with Gasteiger partial charge in [0.2, 0.25) is 0 Å². The predicted octanol–water partition coefficient (Wildman–Crippen LogP) is 8.39. The molecule has 0 N–H and O–H groups in total. The van der Waals surface area contributed by atoms with E-state index in [0.717, 1.165) is 30.3 Å². The molecule has 0 amide bonds. The highest BCUT2D eigenvalue weighted by molar-refractivity contribution is 7.53. The Morgan fingerprint density at radius 3 is 1.46 bits per heavy atom. The lowest BCUT2D eigenvalue weighted by Crippen LogP contribution is -2.70. The van der Waals surface area contributed by atoms with Crippen LogP contribution in [-0.4, -0.2) is 42.5 Å². The number of hydrogen-bond acceptors (Lipinski definition) is 3. The van der Waals surface area contributed by atoms with Gasteiger partial charge in [0.15, 0.2) is 6.10 Å². The molecule has 0 saturated carbocycles. The lowest BCUT2D eigenvalue weighted by Gasteiger charge is -2.41. The van der Waals surface area contributed by atoms with Crippen molar-refractivity contribution in [2.45, 2.75) is 41.9 Å². The summed E-state index contributed by atoms with van der Waals surface area (Å²) in [6, 6.07) is 9.80. The summed E-state index contributed by atoms with van der Waals surface area (Å²) in [6.07, 6.45) is -11.4. The SMILES string of the molecule is CP(=O)(Oc1ccccc1)OC(c1ccccc1)C(F)(F)C(F)(F)C(F)(F)C(F)(F)C(F)(F)C(F)(F)F. The Kier molecular flexibility index (Phi) is 8.04. The highest BCUT2D eigenvalue weighted by Crippen LogP contribution is 2.64. The van der Waals surface area contributed by atoms with E-state index in [9.17, 15) is 61.6 Å². The van der Waals surface area contributed by atoms with Crippen LogP contribution in [0.1, 0.15) is 11.7 Å². The molecule has 2 rings (SSSR count). The molecule has 0 aliphatic carbocycles. The summed E-state index contributed by atoms with van der Waals surface area (Å²) in [7, 11) is -5.03. The summed E-state index contributed by atoms with van der Waals surface area (Å²) in [5, 5.41) is 0. The third kappa shape index (κ3) is 5.40. The average Bonchev–Trinajstić information content (AvgIpc) is 2.77. The summed E-state index contributed by atoms with van der Waals surface area (Å²) in [5.74, 6) is -38.7. The molecule has 2 atom stereocenters. The third-order valence-corrected chi connectivity index (χ3v) is 5.84. The van der Waals surface area contributed by atoms with Gasteiger partial charge in [-0.15, -0.1) is 0 Å². The van der Waals surface area contributed by atoms with Crippen LogP contribution >= 0.6 is 7.60 Å². The zero-order valence-electron chi connectivity index (χ0n) is 17.9. The molecule has 0 bridgehead atoms. The van der Waals surface area contributed by atoms with Gasteiger partial charge in [0.05, 0.1) is 0 Å². The van der Waals surface area contributed by atoms with Crippen molar-refractivity contribution in [2.75, 3.05) is 6.66 Å². The molecular weight excluding hydrogens is 566 g/mol. The van der Waals surface area contributed by atoms with Gasteiger partial charge < -0.3 is 4.52 Å². The molecule has 0 heterocycles. The van der Waals surface area contributed by atoms with E-state index in [1.165, 1.54) is 18.2 Å². The number of benzene rings is 2. The fourth-order valence-corrected chi connectivity index (χ4v) is 3.98. The Balaban J connectivity index is 2.63. The third-order valence-electron chi connectivity index (χ3n) is 4.70. The van der Waals surface area contributed by atoms with Gasteiger partial charge in [-0.05, 0) is 17.7 Å². The summed E-state index contributed by atoms with van der Waals surface area (Å²) >= 11 is 0. The van der Waals surface area contributed by atoms with Crippen LogP contribution in [0.5, 0.6) is 5.75 Å². The van der Waals surface area contributed by atoms with Crippen molar-refractivity contribution in [1.82, 2.24) is 0 Å². The van der Waals surface area contributed by atoms with E-state index in [4.69, 9.17) is 4.52 Å². The van der Waals surface area contributed by atoms with Gasteiger partial charge in [0, 0.05) is 6.66 Å². The van der Waals surface area contributed by atoms with Crippen LogP contribution in [-0.2, 0) is 9.09 Å². The number of halogens is 13. The minimum Gasteiger partial charge on any atom is -0.425 e. The first kappa shape index (κ1) is 30.7. The van der Waals surface area contributed by atoms with Crippen molar-refractivity contribution in [1.29, 1.82) is 0 Å². The summed E-state index contributed by atoms with van der Waals surface area (Å²) in [6.45, 7) is 0.398. The normalized spacial score (nSPS) is 16.7. The Morgan fingerprint density at radius 2 is 1.03 bits per heavy atom. The highest BCUT2D eigenvalue weighted by atomic mass is 31.2. The van der Waals surface area contributed by atoms with Gasteiger partial charge in [-0.2, -0.15) is 57.1 Å². The van der Waals surface area contributed by atoms with Crippen molar-refractivity contribution in [3.63, 3.8) is 0 Å². The van der Waals surface area contributed by atoms with Crippen LogP contribution < -0.4 is 4.52 Å². The molecule has 0 spiro atoms. The van der Waals surface area contributed by atoms with Crippen LogP contribution in [0.2, 0.25) is 0 Å². The fraction of sp³-hybridized carbons (Fsp3) is 0.400. The van der Waals surface area contributed by atoms with E-state index in [-0.39, 0.29) is 5.75 Å². The second-order valence-corrected chi connectivity index (χ2v) is 9.43. The van der Waals surface area contributed by atoms with Crippen LogP contribution in [0.25, 0.3) is 0 Å². The number of para-hydroxylation sites is 1. The number of rotatable bonds is 10. The van der Waals surface area contributed by atoms with Gasteiger partial charge >= 0.3 is 43.4 Å². The molecule has 0 radical (unpaired) electrons. The molecule has 0 aliphatic heterocycles. The van der Waals surface area contributed by atoms with E-state index in [1.54, 1.807) is 0 Å². The fourth-order valence-electron chi connectivity index (χ4n) is 2.80. The summed E-state index contributed by atoms with van der Waals surface area (Å²) < 4.78 is 199. The maximum Gasteiger partial charge on any atom is 0.460 e. The quantitative estimate of drug-likeness (QED) is 0.209. The van der Waals surface area contributed by atoms with E-state index in [2.05, 4.69) is 4.52 Å². The van der Waals surface area contributed by atoms with Crippen molar-refractivity contribution in [3.05, 3.63) is 66.2 Å². The van der Waals surface area contributed by atoms with Crippen molar-refractivity contribution in [3.8, 4) is 5.75 Å². The zero-order valence-corrected chi connectivity index (χ0v) is 18.8. The van der Waals surface area contributed by atoms with Crippen LogP contribution in [0.4, 0.5) is 57.1 Å². The van der Waals surface area contributed by atoms with E-state index >= 15 is 0 Å². The first-order chi connectivity index (χ1) is 16.5. The Bertz CT molecular complexity index is 1110. The molecule has 0 aliphatic rings. The number of hydrogen-bond donors (Lipinski definition) is 0. The van der Waals surface area contributed by atoms with Gasteiger partial charge in [-0.3, -0.25) is 4.52 Å². The van der Waals surface area contributed by atoms with E-state index < -0.39 is 55.1 Å². The first-order valence-electron chi connectivity index (χ1n) is 9.54. The minimum atomic E-state index is -8.08.